The zero-order chi connectivity index (χ0) is 10.4. The van der Waals surface area contributed by atoms with Crippen molar-refractivity contribution in [3.05, 3.63) is 11.2 Å². The number of hydrogen-bond acceptors (Lipinski definition) is 5. The van der Waals surface area contributed by atoms with Gasteiger partial charge in [-0.3, -0.25) is 0 Å². The molecule has 0 bridgehead atoms. The molecule has 1 heterocycles. The second kappa shape index (κ2) is 5.62. The van der Waals surface area contributed by atoms with E-state index in [2.05, 4.69) is 15.3 Å². The molecule has 0 aliphatic carbocycles. The smallest absolute Gasteiger partial charge is 0.318 e. The van der Waals surface area contributed by atoms with E-state index >= 15 is 0 Å². The molecule has 0 saturated heterocycles. The van der Waals surface area contributed by atoms with Gasteiger partial charge < -0.3 is 15.2 Å². The van der Waals surface area contributed by atoms with Gasteiger partial charge in [0.05, 0.1) is 13.3 Å². The Kier molecular flexibility index (Phi) is 4.42. The van der Waals surface area contributed by atoms with Crippen LogP contribution in [0.3, 0.4) is 0 Å². The van der Waals surface area contributed by atoms with Gasteiger partial charge in [0.2, 0.25) is 0 Å². The molecule has 0 radical (unpaired) electrons. The molecule has 0 saturated carbocycles. The highest BCUT2D eigenvalue weighted by Gasteiger charge is 2.04. The highest BCUT2D eigenvalue weighted by Crippen LogP contribution is 2.19. The summed E-state index contributed by atoms with van der Waals surface area (Å²) in [5.74, 6) is 0.520. The molecule has 0 aromatic carbocycles. The lowest BCUT2D eigenvalue weighted by Gasteiger charge is -2.06. The van der Waals surface area contributed by atoms with Crippen molar-refractivity contribution in [2.45, 2.75) is 6.42 Å². The van der Waals surface area contributed by atoms with Crippen molar-refractivity contribution in [1.29, 1.82) is 0 Å². The van der Waals surface area contributed by atoms with Gasteiger partial charge in [-0.1, -0.05) is 11.6 Å². The maximum absolute atomic E-state index is 8.58. The number of halogens is 1. The number of aromatic nitrogens is 2. The summed E-state index contributed by atoms with van der Waals surface area (Å²) >= 11 is 5.83. The Bertz CT molecular complexity index is 296. The summed E-state index contributed by atoms with van der Waals surface area (Å²) in [6, 6.07) is 0.265. The van der Waals surface area contributed by atoms with Crippen LogP contribution in [0, 0.1) is 0 Å². The summed E-state index contributed by atoms with van der Waals surface area (Å²) < 4.78 is 4.85. The molecule has 0 amide bonds. The van der Waals surface area contributed by atoms with Crippen LogP contribution < -0.4 is 10.1 Å². The van der Waals surface area contributed by atoms with Crippen molar-refractivity contribution in [1.82, 2.24) is 9.97 Å². The van der Waals surface area contributed by atoms with Gasteiger partial charge in [-0.05, 0) is 6.42 Å². The van der Waals surface area contributed by atoms with Gasteiger partial charge in [-0.25, -0.2) is 4.98 Å². The van der Waals surface area contributed by atoms with Crippen LogP contribution in [-0.2, 0) is 0 Å². The summed E-state index contributed by atoms with van der Waals surface area (Å²) in [4.78, 5) is 7.84. The van der Waals surface area contributed by atoms with Crippen LogP contribution in [0.25, 0.3) is 0 Å². The number of ether oxygens (including phenoxy) is 1. The highest BCUT2D eigenvalue weighted by molar-refractivity contribution is 6.32. The zero-order valence-electron chi connectivity index (χ0n) is 7.83. The van der Waals surface area contributed by atoms with Gasteiger partial charge in [0.1, 0.15) is 5.02 Å². The molecule has 1 aromatic heterocycles. The topological polar surface area (TPSA) is 67.3 Å². The zero-order valence-corrected chi connectivity index (χ0v) is 8.58. The fourth-order valence-electron chi connectivity index (χ4n) is 0.859. The normalized spacial score (nSPS) is 9.93. The third-order valence-corrected chi connectivity index (χ3v) is 1.81. The van der Waals surface area contributed by atoms with Crippen LogP contribution in [0.1, 0.15) is 6.42 Å². The quantitative estimate of drug-likeness (QED) is 0.719. The Morgan fingerprint density at radius 1 is 1.64 bits per heavy atom. The van der Waals surface area contributed by atoms with Crippen molar-refractivity contribution in [3.63, 3.8) is 0 Å². The Hall–Kier alpha value is -1.07. The van der Waals surface area contributed by atoms with E-state index in [1.165, 1.54) is 13.3 Å². The van der Waals surface area contributed by atoms with E-state index in [-0.39, 0.29) is 12.6 Å². The van der Waals surface area contributed by atoms with Crippen LogP contribution in [0.4, 0.5) is 5.82 Å². The molecule has 5 nitrogen and oxygen atoms in total. The van der Waals surface area contributed by atoms with Crippen molar-refractivity contribution >= 4 is 17.4 Å². The van der Waals surface area contributed by atoms with Gasteiger partial charge in [0.25, 0.3) is 0 Å². The van der Waals surface area contributed by atoms with E-state index in [4.69, 9.17) is 21.4 Å². The molecule has 0 atom stereocenters. The van der Waals surface area contributed by atoms with Gasteiger partial charge in [0.15, 0.2) is 5.82 Å². The molecule has 0 aliphatic heterocycles. The van der Waals surface area contributed by atoms with Crippen LogP contribution in [0.2, 0.25) is 5.02 Å². The average molecular weight is 218 g/mol. The maximum Gasteiger partial charge on any atom is 0.318 e. The molecule has 0 fully saturated rings. The first-order chi connectivity index (χ1) is 6.77. The van der Waals surface area contributed by atoms with E-state index < -0.39 is 0 Å². The molecule has 2 N–H and O–H groups in total. The maximum atomic E-state index is 8.58. The van der Waals surface area contributed by atoms with Crippen molar-refractivity contribution in [3.8, 4) is 6.01 Å². The number of hydrogen-bond donors (Lipinski definition) is 2. The summed E-state index contributed by atoms with van der Waals surface area (Å²) in [6.07, 6.45) is 2.11. The van der Waals surface area contributed by atoms with Crippen molar-refractivity contribution in [2.75, 3.05) is 25.6 Å². The average Bonchev–Trinajstić information content (AvgIpc) is 2.21. The van der Waals surface area contributed by atoms with Crippen LogP contribution in [0.5, 0.6) is 6.01 Å². The Labute approximate surface area is 87.1 Å². The molecule has 14 heavy (non-hydrogen) atoms. The Balaban J connectivity index is 2.64. The summed E-state index contributed by atoms with van der Waals surface area (Å²) in [7, 11) is 1.49. The van der Waals surface area contributed by atoms with E-state index in [0.29, 0.717) is 23.8 Å². The fourth-order valence-corrected chi connectivity index (χ4v) is 1.02. The lowest BCUT2D eigenvalue weighted by Crippen LogP contribution is -2.06. The minimum absolute atomic E-state index is 0.132. The number of aliphatic hydroxyl groups excluding tert-OH is 1. The molecule has 0 aliphatic rings. The first-order valence-corrected chi connectivity index (χ1v) is 4.57. The molecular weight excluding hydrogens is 206 g/mol. The summed E-state index contributed by atoms with van der Waals surface area (Å²) in [5.41, 5.74) is 0. The van der Waals surface area contributed by atoms with Gasteiger partial charge >= 0.3 is 6.01 Å². The number of rotatable bonds is 5. The summed E-state index contributed by atoms with van der Waals surface area (Å²) in [5, 5.41) is 12.0. The second-order valence-electron chi connectivity index (χ2n) is 2.56. The summed E-state index contributed by atoms with van der Waals surface area (Å²) in [6.45, 7) is 0.739. The first kappa shape index (κ1) is 11.0. The number of anilines is 1. The molecule has 0 spiro atoms. The number of nitrogens with one attached hydrogen (secondary N) is 1. The van der Waals surface area contributed by atoms with Crippen molar-refractivity contribution in [2.24, 2.45) is 0 Å². The van der Waals surface area contributed by atoms with E-state index in [1.54, 1.807) is 0 Å². The lowest BCUT2D eigenvalue weighted by atomic mass is 10.4. The largest absolute Gasteiger partial charge is 0.467 e. The monoisotopic (exact) mass is 217 g/mol. The van der Waals surface area contributed by atoms with E-state index in [0.717, 1.165) is 0 Å². The van der Waals surface area contributed by atoms with E-state index in [9.17, 15) is 0 Å². The molecule has 6 heteroatoms. The predicted molar refractivity (Wildman–Crippen MR) is 53.8 cm³/mol. The Morgan fingerprint density at radius 2 is 2.43 bits per heavy atom. The van der Waals surface area contributed by atoms with Crippen LogP contribution in [-0.4, -0.2) is 35.3 Å². The van der Waals surface area contributed by atoms with Gasteiger partial charge in [-0.2, -0.15) is 4.98 Å². The minimum Gasteiger partial charge on any atom is -0.467 e. The van der Waals surface area contributed by atoms with Gasteiger partial charge in [-0.15, -0.1) is 0 Å². The van der Waals surface area contributed by atoms with Crippen molar-refractivity contribution < 1.29 is 9.84 Å². The molecule has 1 aromatic rings. The second-order valence-corrected chi connectivity index (χ2v) is 2.96. The minimum atomic E-state index is 0.132. The lowest BCUT2D eigenvalue weighted by molar-refractivity contribution is 0.292. The van der Waals surface area contributed by atoms with E-state index in [1.807, 2.05) is 0 Å². The molecular formula is C8H12ClN3O2. The third-order valence-electron chi connectivity index (χ3n) is 1.53. The molecule has 78 valence electrons. The SMILES string of the molecule is COc1ncc(Cl)c(NCCCO)n1. The van der Waals surface area contributed by atoms with Gasteiger partial charge in [0, 0.05) is 13.2 Å². The van der Waals surface area contributed by atoms with Crippen LogP contribution >= 0.6 is 11.6 Å². The molecule has 0 unspecified atom stereocenters. The number of methoxy groups -OCH3 is 1. The van der Waals surface area contributed by atoms with Crippen LogP contribution in [0.15, 0.2) is 6.20 Å². The predicted octanol–water partition coefficient (Wildman–Crippen LogP) is 0.933. The fraction of sp³-hybridized carbons (Fsp3) is 0.500. The first-order valence-electron chi connectivity index (χ1n) is 4.19. The Morgan fingerprint density at radius 3 is 3.07 bits per heavy atom. The standard InChI is InChI=1S/C8H12ClN3O2/c1-14-8-11-5-6(9)7(12-8)10-3-2-4-13/h5,13H,2-4H2,1H3,(H,10,11,12). The number of nitrogens with zero attached hydrogens (tertiary/aromatic N) is 2. The highest BCUT2D eigenvalue weighted by atomic mass is 35.5. The third kappa shape index (κ3) is 3.01. The molecule has 1 rings (SSSR count). The number of aliphatic hydroxyl groups is 1.